The van der Waals surface area contributed by atoms with Gasteiger partial charge in [-0.3, -0.25) is 0 Å². The highest BCUT2D eigenvalue weighted by molar-refractivity contribution is 9.10. The molecule has 0 bridgehead atoms. The molecule has 1 aromatic carbocycles. The van der Waals surface area contributed by atoms with Gasteiger partial charge in [-0.1, -0.05) is 21.1 Å². The molecule has 2 aromatic heterocycles. The lowest BCUT2D eigenvalue weighted by Crippen LogP contribution is -1.77. The van der Waals surface area contributed by atoms with Crippen molar-refractivity contribution in [2.24, 2.45) is 0 Å². The van der Waals surface area contributed by atoms with Crippen LogP contribution in [0.1, 0.15) is 0 Å². The van der Waals surface area contributed by atoms with Crippen LogP contribution in [-0.2, 0) is 0 Å². The van der Waals surface area contributed by atoms with Crippen LogP contribution in [0.15, 0.2) is 39.5 Å². The second kappa shape index (κ2) is 3.20. The molecule has 0 aliphatic rings. The summed E-state index contributed by atoms with van der Waals surface area (Å²) >= 11 is 3.41. The van der Waals surface area contributed by atoms with Crippen LogP contribution in [0.4, 0.5) is 0 Å². The third-order valence-electron chi connectivity index (χ3n) is 2.12. The van der Waals surface area contributed by atoms with Crippen molar-refractivity contribution >= 4 is 27.0 Å². The molecule has 4 nitrogen and oxygen atoms in total. The summed E-state index contributed by atoms with van der Waals surface area (Å²) in [6.07, 6.45) is 1.53. The largest absolute Gasteiger partial charge is 0.364 e. The van der Waals surface area contributed by atoms with Gasteiger partial charge in [-0.25, -0.2) is 4.98 Å². The van der Waals surface area contributed by atoms with Crippen molar-refractivity contribution in [1.29, 1.82) is 0 Å². The van der Waals surface area contributed by atoms with E-state index < -0.39 is 0 Å². The fourth-order valence-electron chi connectivity index (χ4n) is 1.44. The minimum atomic E-state index is 0.710. The third kappa shape index (κ3) is 1.45. The molecular formula is C10H6BrN3O. The molecule has 0 unspecified atom stereocenters. The molecule has 0 aliphatic heterocycles. The Morgan fingerprint density at radius 2 is 2.20 bits per heavy atom. The molecule has 0 fully saturated rings. The molecule has 3 aromatic rings. The summed E-state index contributed by atoms with van der Waals surface area (Å²) in [5, 5.41) is 3.82. The maximum Gasteiger partial charge on any atom is 0.160 e. The van der Waals surface area contributed by atoms with Gasteiger partial charge in [0.1, 0.15) is 12.0 Å². The summed E-state index contributed by atoms with van der Waals surface area (Å²) in [4.78, 5) is 7.57. The van der Waals surface area contributed by atoms with Gasteiger partial charge in [0.05, 0.1) is 11.0 Å². The predicted molar refractivity (Wildman–Crippen MR) is 59.3 cm³/mol. The predicted octanol–water partition coefficient (Wildman–Crippen LogP) is 2.98. The molecule has 0 radical (unpaired) electrons. The summed E-state index contributed by atoms with van der Waals surface area (Å²) in [5.41, 5.74) is 2.60. The zero-order valence-corrected chi connectivity index (χ0v) is 9.15. The summed E-state index contributed by atoms with van der Waals surface area (Å²) in [6, 6.07) is 7.65. The Bertz CT molecular complexity index is 600. The van der Waals surface area contributed by atoms with Gasteiger partial charge in [-0.05, 0) is 18.2 Å². The first-order valence-corrected chi connectivity index (χ1v) is 5.18. The normalized spacial score (nSPS) is 11.0. The SMILES string of the molecule is Brc1ccc2nc(-c3ccon3)[nH]c2c1. The molecule has 0 spiro atoms. The standard InChI is InChI=1S/C10H6BrN3O/c11-6-1-2-7-9(5-6)13-10(12-7)8-3-4-15-14-8/h1-5H,(H,12,13). The number of fused-ring (bicyclic) bond motifs is 1. The molecule has 0 saturated heterocycles. The zero-order valence-electron chi connectivity index (χ0n) is 7.57. The van der Waals surface area contributed by atoms with Gasteiger partial charge in [0.15, 0.2) is 5.82 Å². The number of aromatic amines is 1. The number of H-pyrrole nitrogens is 1. The average Bonchev–Trinajstić information content (AvgIpc) is 2.84. The number of imidazole rings is 1. The lowest BCUT2D eigenvalue weighted by atomic mass is 10.3. The topological polar surface area (TPSA) is 54.7 Å². The van der Waals surface area contributed by atoms with Gasteiger partial charge < -0.3 is 9.51 Å². The average molecular weight is 264 g/mol. The Labute approximate surface area is 93.4 Å². The number of benzene rings is 1. The lowest BCUT2D eigenvalue weighted by molar-refractivity contribution is 0.422. The fourth-order valence-corrected chi connectivity index (χ4v) is 1.80. The van der Waals surface area contributed by atoms with E-state index in [0.29, 0.717) is 5.69 Å². The van der Waals surface area contributed by atoms with E-state index in [0.717, 1.165) is 21.3 Å². The van der Waals surface area contributed by atoms with Crippen LogP contribution < -0.4 is 0 Å². The van der Waals surface area contributed by atoms with E-state index in [-0.39, 0.29) is 0 Å². The minimum Gasteiger partial charge on any atom is -0.364 e. The lowest BCUT2D eigenvalue weighted by Gasteiger charge is -1.87. The first-order chi connectivity index (χ1) is 7.33. The first kappa shape index (κ1) is 8.67. The summed E-state index contributed by atoms with van der Waals surface area (Å²) in [6.45, 7) is 0. The zero-order chi connectivity index (χ0) is 10.3. The van der Waals surface area contributed by atoms with Crippen molar-refractivity contribution in [2.45, 2.75) is 0 Å². The molecular weight excluding hydrogens is 258 g/mol. The van der Waals surface area contributed by atoms with Gasteiger partial charge in [0, 0.05) is 10.5 Å². The summed E-state index contributed by atoms with van der Waals surface area (Å²) < 4.78 is 5.79. The van der Waals surface area contributed by atoms with Crippen LogP contribution in [0.3, 0.4) is 0 Å². The molecule has 3 rings (SSSR count). The van der Waals surface area contributed by atoms with E-state index in [1.54, 1.807) is 6.07 Å². The Morgan fingerprint density at radius 1 is 1.27 bits per heavy atom. The number of rotatable bonds is 1. The Balaban J connectivity index is 2.22. The molecule has 0 saturated carbocycles. The van der Waals surface area contributed by atoms with Gasteiger partial charge in [-0.2, -0.15) is 0 Å². The molecule has 0 atom stereocenters. The van der Waals surface area contributed by atoms with E-state index in [1.165, 1.54) is 6.26 Å². The van der Waals surface area contributed by atoms with Crippen LogP contribution >= 0.6 is 15.9 Å². The van der Waals surface area contributed by atoms with E-state index in [1.807, 2.05) is 18.2 Å². The maximum atomic E-state index is 4.77. The minimum absolute atomic E-state index is 0.710. The summed E-state index contributed by atoms with van der Waals surface area (Å²) in [5.74, 6) is 0.719. The van der Waals surface area contributed by atoms with Gasteiger partial charge in [0.2, 0.25) is 0 Å². The molecule has 1 N–H and O–H groups in total. The Morgan fingerprint density at radius 3 is 3.00 bits per heavy atom. The maximum absolute atomic E-state index is 4.77. The van der Waals surface area contributed by atoms with E-state index in [4.69, 9.17) is 4.52 Å². The molecule has 15 heavy (non-hydrogen) atoms. The van der Waals surface area contributed by atoms with Crippen molar-refractivity contribution in [2.75, 3.05) is 0 Å². The van der Waals surface area contributed by atoms with Crippen LogP contribution in [0.2, 0.25) is 0 Å². The van der Waals surface area contributed by atoms with Crippen LogP contribution in [0.25, 0.3) is 22.6 Å². The number of nitrogens with one attached hydrogen (secondary N) is 1. The molecule has 0 amide bonds. The fraction of sp³-hybridized carbons (Fsp3) is 0. The number of aromatic nitrogens is 3. The van der Waals surface area contributed by atoms with Crippen molar-refractivity contribution in [3.63, 3.8) is 0 Å². The Kier molecular flexibility index (Phi) is 1.85. The van der Waals surface area contributed by atoms with Crippen LogP contribution in [-0.4, -0.2) is 15.1 Å². The quantitative estimate of drug-likeness (QED) is 0.735. The number of halogens is 1. The highest BCUT2D eigenvalue weighted by atomic mass is 79.9. The highest BCUT2D eigenvalue weighted by Gasteiger charge is 2.07. The van der Waals surface area contributed by atoms with E-state index >= 15 is 0 Å². The van der Waals surface area contributed by atoms with Crippen LogP contribution in [0.5, 0.6) is 0 Å². The van der Waals surface area contributed by atoms with Crippen molar-refractivity contribution in [1.82, 2.24) is 15.1 Å². The van der Waals surface area contributed by atoms with Gasteiger partial charge in [0.25, 0.3) is 0 Å². The van der Waals surface area contributed by atoms with Crippen molar-refractivity contribution in [3.05, 3.63) is 35.0 Å². The van der Waals surface area contributed by atoms with Crippen molar-refractivity contribution < 1.29 is 4.52 Å². The second-order valence-electron chi connectivity index (χ2n) is 3.13. The Hall–Kier alpha value is -1.62. The van der Waals surface area contributed by atoms with Gasteiger partial charge >= 0.3 is 0 Å². The summed E-state index contributed by atoms with van der Waals surface area (Å²) in [7, 11) is 0. The third-order valence-corrected chi connectivity index (χ3v) is 2.62. The van der Waals surface area contributed by atoms with E-state index in [2.05, 4.69) is 31.1 Å². The molecule has 0 aliphatic carbocycles. The first-order valence-electron chi connectivity index (χ1n) is 4.39. The smallest absolute Gasteiger partial charge is 0.160 e. The number of nitrogens with zero attached hydrogens (tertiary/aromatic N) is 2. The molecule has 2 heterocycles. The van der Waals surface area contributed by atoms with E-state index in [9.17, 15) is 0 Å². The van der Waals surface area contributed by atoms with Crippen molar-refractivity contribution in [3.8, 4) is 11.5 Å². The number of hydrogen-bond donors (Lipinski definition) is 1. The second-order valence-corrected chi connectivity index (χ2v) is 4.05. The number of hydrogen-bond acceptors (Lipinski definition) is 3. The molecule has 74 valence electrons. The van der Waals surface area contributed by atoms with Crippen LogP contribution in [0, 0.1) is 0 Å². The highest BCUT2D eigenvalue weighted by Crippen LogP contribution is 2.21. The monoisotopic (exact) mass is 263 g/mol. The van der Waals surface area contributed by atoms with Gasteiger partial charge in [-0.15, -0.1) is 0 Å². The molecule has 5 heteroatoms.